The molecule has 6 atom stereocenters. The molecule has 1 aromatic rings. The second-order valence-corrected chi connectivity index (χ2v) is 12.8. The third-order valence-electron chi connectivity index (χ3n) is 9.48. The highest BCUT2D eigenvalue weighted by atomic mass is 32.2. The van der Waals surface area contributed by atoms with Crippen LogP contribution in [0.25, 0.3) is 0 Å². The lowest BCUT2D eigenvalue weighted by Gasteiger charge is -2.59. The first-order valence-corrected chi connectivity index (χ1v) is 13.5. The Bertz CT molecular complexity index is 1010. The Morgan fingerprint density at radius 1 is 1.03 bits per heavy atom. The monoisotopic (exact) mass is 440 g/mol. The first kappa shape index (κ1) is 21.2. The summed E-state index contributed by atoms with van der Waals surface area (Å²) in [6.45, 7) is 6.97. The van der Waals surface area contributed by atoms with Gasteiger partial charge in [0.25, 0.3) is 10.0 Å². The third-order valence-corrected chi connectivity index (χ3v) is 10.7. The van der Waals surface area contributed by atoms with E-state index in [0.717, 1.165) is 48.3 Å². The molecule has 4 nitrogen and oxygen atoms in total. The molecule has 31 heavy (non-hydrogen) atoms. The molecular formula is C26H36N2O2S. The molecule has 0 saturated heterocycles. The average molecular weight is 441 g/mol. The molecule has 1 N–H and O–H groups in total. The molecule has 0 aromatic heterocycles. The minimum atomic E-state index is -3.60. The zero-order valence-corrected chi connectivity index (χ0v) is 19.9. The van der Waals surface area contributed by atoms with Gasteiger partial charge in [-0.25, -0.2) is 4.83 Å². The van der Waals surface area contributed by atoms with E-state index in [-0.39, 0.29) is 4.90 Å². The molecule has 0 amide bonds. The molecule has 0 spiro atoms. The largest absolute Gasteiger partial charge is 0.276 e. The fraction of sp³-hybridized carbons (Fsp3) is 0.654. The highest BCUT2D eigenvalue weighted by Crippen LogP contribution is 2.64. The molecule has 0 unspecified atom stereocenters. The van der Waals surface area contributed by atoms with Crippen molar-refractivity contribution in [2.75, 3.05) is 0 Å². The van der Waals surface area contributed by atoms with Crippen LogP contribution in [-0.4, -0.2) is 14.1 Å². The molecule has 3 saturated carbocycles. The van der Waals surface area contributed by atoms with Crippen LogP contribution in [0.2, 0.25) is 0 Å². The van der Waals surface area contributed by atoms with Crippen molar-refractivity contribution in [1.29, 1.82) is 0 Å². The van der Waals surface area contributed by atoms with E-state index < -0.39 is 10.0 Å². The van der Waals surface area contributed by atoms with E-state index in [1.54, 1.807) is 12.1 Å². The fourth-order valence-corrected chi connectivity index (χ4v) is 8.39. The number of hydrazone groups is 1. The predicted molar refractivity (Wildman–Crippen MR) is 125 cm³/mol. The summed E-state index contributed by atoms with van der Waals surface area (Å²) in [6, 6.07) is 6.93. The highest BCUT2D eigenvalue weighted by Gasteiger charge is 2.56. The van der Waals surface area contributed by atoms with Gasteiger partial charge in [-0.1, -0.05) is 43.7 Å². The Balaban J connectivity index is 1.29. The number of nitrogens with one attached hydrogen (secondary N) is 1. The van der Waals surface area contributed by atoms with Gasteiger partial charge in [-0.05, 0) is 105 Å². The highest BCUT2D eigenvalue weighted by molar-refractivity contribution is 7.89. The molecule has 1 aromatic carbocycles. The summed E-state index contributed by atoms with van der Waals surface area (Å²) >= 11 is 0. The number of hydrogen-bond donors (Lipinski definition) is 1. The normalized spacial score (nSPS) is 40.8. The number of hydrogen-bond acceptors (Lipinski definition) is 3. The Labute approximate surface area is 187 Å². The number of allylic oxidation sites excluding steroid dienone is 2. The Hall–Kier alpha value is -1.62. The van der Waals surface area contributed by atoms with Crippen LogP contribution in [0, 0.1) is 41.4 Å². The first-order valence-electron chi connectivity index (χ1n) is 12.0. The molecular weight excluding hydrogens is 404 g/mol. The van der Waals surface area contributed by atoms with Gasteiger partial charge >= 0.3 is 0 Å². The number of aryl methyl sites for hydroxylation is 1. The van der Waals surface area contributed by atoms with Gasteiger partial charge in [-0.3, -0.25) is 0 Å². The minimum absolute atomic E-state index is 0.277. The van der Waals surface area contributed by atoms with Crippen molar-refractivity contribution in [2.24, 2.45) is 39.6 Å². The molecule has 0 bridgehead atoms. The molecule has 3 fully saturated rings. The van der Waals surface area contributed by atoms with Crippen molar-refractivity contribution in [3.63, 3.8) is 0 Å². The van der Waals surface area contributed by atoms with Gasteiger partial charge in [0.05, 0.1) is 4.90 Å². The summed E-state index contributed by atoms with van der Waals surface area (Å²) in [7, 11) is -3.60. The lowest BCUT2D eigenvalue weighted by Crippen LogP contribution is -2.52. The quantitative estimate of drug-likeness (QED) is 0.474. The van der Waals surface area contributed by atoms with Crippen LogP contribution in [0.3, 0.4) is 0 Å². The van der Waals surface area contributed by atoms with Crippen LogP contribution in [0.1, 0.15) is 70.8 Å². The maximum Gasteiger partial charge on any atom is 0.276 e. The van der Waals surface area contributed by atoms with Gasteiger partial charge in [0.2, 0.25) is 0 Å². The van der Waals surface area contributed by atoms with E-state index in [4.69, 9.17) is 0 Å². The van der Waals surface area contributed by atoms with E-state index in [2.05, 4.69) is 35.9 Å². The lowest BCUT2D eigenvalue weighted by atomic mass is 9.45. The molecule has 0 heterocycles. The van der Waals surface area contributed by atoms with E-state index in [1.165, 1.54) is 32.1 Å². The van der Waals surface area contributed by atoms with Crippen molar-refractivity contribution >= 4 is 15.7 Å². The number of nitrogens with zero attached hydrogens (tertiary/aromatic N) is 1. The van der Waals surface area contributed by atoms with Crippen molar-refractivity contribution < 1.29 is 8.42 Å². The maximum atomic E-state index is 12.6. The first-order chi connectivity index (χ1) is 14.7. The molecule has 0 aliphatic heterocycles. The van der Waals surface area contributed by atoms with Crippen LogP contribution in [-0.2, 0) is 10.0 Å². The van der Waals surface area contributed by atoms with Crippen molar-refractivity contribution in [1.82, 2.24) is 4.83 Å². The number of sulfonamides is 1. The summed E-state index contributed by atoms with van der Waals surface area (Å²) in [5.74, 6) is 3.13. The number of benzene rings is 1. The van der Waals surface area contributed by atoms with Crippen LogP contribution in [0.4, 0.5) is 0 Å². The van der Waals surface area contributed by atoms with Crippen molar-refractivity contribution in [3.05, 3.63) is 42.0 Å². The van der Waals surface area contributed by atoms with Gasteiger partial charge in [-0.2, -0.15) is 13.5 Å². The Kier molecular flexibility index (Phi) is 5.12. The van der Waals surface area contributed by atoms with Crippen molar-refractivity contribution in [2.45, 2.75) is 77.0 Å². The summed E-state index contributed by atoms with van der Waals surface area (Å²) in [6.07, 6.45) is 14.5. The van der Waals surface area contributed by atoms with E-state index in [9.17, 15) is 8.42 Å². The summed E-state index contributed by atoms with van der Waals surface area (Å²) < 4.78 is 25.3. The predicted octanol–water partition coefficient (Wildman–Crippen LogP) is 5.84. The second-order valence-electron chi connectivity index (χ2n) is 11.1. The van der Waals surface area contributed by atoms with E-state index >= 15 is 0 Å². The van der Waals surface area contributed by atoms with Crippen LogP contribution >= 0.6 is 0 Å². The Morgan fingerprint density at radius 2 is 1.81 bits per heavy atom. The topological polar surface area (TPSA) is 58.5 Å². The molecule has 5 heteroatoms. The molecule has 5 rings (SSSR count). The van der Waals surface area contributed by atoms with E-state index in [0.29, 0.717) is 16.7 Å². The molecule has 4 aliphatic carbocycles. The Morgan fingerprint density at radius 3 is 2.58 bits per heavy atom. The summed E-state index contributed by atoms with van der Waals surface area (Å²) in [4.78, 5) is 2.79. The van der Waals surface area contributed by atoms with Crippen LogP contribution < -0.4 is 4.83 Å². The second kappa shape index (κ2) is 7.47. The van der Waals surface area contributed by atoms with E-state index in [1.807, 2.05) is 19.1 Å². The van der Waals surface area contributed by atoms with Crippen LogP contribution in [0.5, 0.6) is 0 Å². The molecule has 4 aliphatic rings. The standard InChI is InChI=1S/C26H36N2O2S/c1-18-6-9-21(10-7-18)31(29,30)28-27-20-12-16-26(3)19(17-20)8-11-22-23-5-4-14-25(23,2)15-13-24(22)26/h4,6-7,9-10,14,19,22-24,28H,5,8,11-13,15-17H2,1-3H3/b27-20-/t19-,22-,23-,24+,25-,26-/m0/s1. The summed E-state index contributed by atoms with van der Waals surface area (Å²) in [5, 5.41) is 4.41. The van der Waals surface area contributed by atoms with Gasteiger partial charge in [0.1, 0.15) is 0 Å². The summed E-state index contributed by atoms with van der Waals surface area (Å²) in [5.41, 5.74) is 2.88. The van der Waals surface area contributed by atoms with Gasteiger partial charge in [0.15, 0.2) is 0 Å². The van der Waals surface area contributed by atoms with Gasteiger partial charge in [0, 0.05) is 5.71 Å². The smallest absolute Gasteiger partial charge is 0.200 e. The van der Waals surface area contributed by atoms with Crippen LogP contribution in [0.15, 0.2) is 46.4 Å². The zero-order valence-electron chi connectivity index (χ0n) is 19.1. The fourth-order valence-electron chi connectivity index (χ4n) is 7.54. The third kappa shape index (κ3) is 3.57. The van der Waals surface area contributed by atoms with Gasteiger partial charge < -0.3 is 0 Å². The minimum Gasteiger partial charge on any atom is -0.200 e. The maximum absolute atomic E-state index is 12.6. The number of fused-ring (bicyclic) bond motifs is 5. The number of rotatable bonds is 3. The average Bonchev–Trinajstić information content (AvgIpc) is 3.14. The van der Waals surface area contributed by atoms with Crippen molar-refractivity contribution in [3.8, 4) is 0 Å². The molecule has 0 radical (unpaired) electrons. The SMILES string of the molecule is Cc1ccc(S(=O)(=O)N/N=C2/CC[C@@]3(C)[C@@H](CC[C@@H]4[C@H]3CC[C@]3(C)C=CC[C@@H]43)C2)cc1. The van der Waals surface area contributed by atoms with Gasteiger partial charge in [-0.15, -0.1) is 0 Å². The zero-order chi connectivity index (χ0) is 21.9. The molecule has 168 valence electrons. The lowest BCUT2D eigenvalue weighted by molar-refractivity contribution is -0.0853.